The Labute approximate surface area is 229 Å². The maximum Gasteiger partial charge on any atom is 0.490 e. The van der Waals surface area contributed by atoms with Crippen LogP contribution in [0.25, 0.3) is 23.4 Å². The molecule has 1 amide bonds. The number of H-pyrrole nitrogens is 1. The first-order valence-corrected chi connectivity index (χ1v) is 12.3. The molecule has 0 unspecified atom stereocenters. The fourth-order valence-corrected chi connectivity index (χ4v) is 4.27. The lowest BCUT2D eigenvalue weighted by Crippen LogP contribution is -2.36. The van der Waals surface area contributed by atoms with E-state index in [-0.39, 0.29) is 5.91 Å². The summed E-state index contributed by atoms with van der Waals surface area (Å²) >= 11 is 0. The summed E-state index contributed by atoms with van der Waals surface area (Å²) in [7, 11) is 0. The highest BCUT2D eigenvalue weighted by molar-refractivity contribution is 5.97. The highest BCUT2D eigenvalue weighted by atomic mass is 19.4. The van der Waals surface area contributed by atoms with E-state index < -0.39 is 23.9 Å². The van der Waals surface area contributed by atoms with E-state index >= 15 is 0 Å². The maximum absolute atomic E-state index is 13.3. The van der Waals surface area contributed by atoms with Gasteiger partial charge in [-0.1, -0.05) is 12.1 Å². The predicted molar refractivity (Wildman–Crippen MR) is 137 cm³/mol. The van der Waals surface area contributed by atoms with Gasteiger partial charge in [-0.25, -0.2) is 4.79 Å². The molecule has 0 radical (unpaired) electrons. The Balaban J connectivity index is 0.000000493. The normalized spacial score (nSPS) is 15.7. The zero-order chi connectivity index (χ0) is 29.8. The number of halogens is 6. The summed E-state index contributed by atoms with van der Waals surface area (Å²) in [6.45, 7) is 2.61. The second kappa shape index (κ2) is 12.0. The van der Waals surface area contributed by atoms with Crippen LogP contribution in [0.2, 0.25) is 0 Å². The molecule has 1 fully saturated rings. The monoisotopic (exact) mass is 582 g/mol. The molecule has 0 spiro atoms. The number of carbonyl (C=O) groups excluding carboxylic acids is 1. The number of nitrogens with one attached hydrogen (secondary N) is 2. The minimum atomic E-state index is -5.08. The van der Waals surface area contributed by atoms with Crippen molar-refractivity contribution in [2.24, 2.45) is 0 Å². The van der Waals surface area contributed by atoms with Crippen LogP contribution in [0.15, 0.2) is 42.6 Å². The molecule has 2 aliphatic rings. The fraction of sp³-hybridized carbons (Fsp3) is 0.296. The molecule has 0 bridgehead atoms. The minimum absolute atomic E-state index is 0.0872. The van der Waals surface area contributed by atoms with E-state index in [1.165, 1.54) is 12.1 Å². The van der Waals surface area contributed by atoms with Crippen molar-refractivity contribution in [3.63, 3.8) is 0 Å². The van der Waals surface area contributed by atoms with Gasteiger partial charge >= 0.3 is 18.3 Å². The first kappa shape index (κ1) is 29.6. The summed E-state index contributed by atoms with van der Waals surface area (Å²) < 4.78 is 77.1. The standard InChI is InChI=1S/C25H23F3N4O2.C2HF3O2/c26-25(27,28)18-3-1-16(23(14-18)32-9-11-34-12-10-32)2-4-19-13-17(5-7-29-19)22-15-20-21(31-22)6-8-30-24(20)33;3-2(4,5)1(6)7/h1-5,7,13-15,31H,6,8-12H2,(H,30,33);(H,6,7). The SMILES string of the molecule is O=C(O)C(F)(F)F.O=C1NCCc2[nH]c(-c3ccnc(C=Cc4ccc(C(F)(F)F)cc4N4CCOCC4)c3)cc21. The number of fused-ring (bicyclic) bond motifs is 1. The van der Waals surface area contributed by atoms with Crippen LogP contribution in [0, 0.1) is 0 Å². The number of aromatic nitrogens is 2. The highest BCUT2D eigenvalue weighted by Gasteiger charge is 2.38. The van der Waals surface area contributed by atoms with E-state index in [1.54, 1.807) is 18.3 Å². The number of carboxylic acids is 1. The van der Waals surface area contributed by atoms with Crippen molar-refractivity contribution in [3.8, 4) is 11.3 Å². The summed E-state index contributed by atoms with van der Waals surface area (Å²) in [6.07, 6.45) is -3.51. The van der Waals surface area contributed by atoms with Crippen molar-refractivity contribution in [2.75, 3.05) is 37.7 Å². The molecular weight excluding hydrogens is 558 g/mol. The number of ether oxygens (including phenoxy) is 1. The zero-order valence-corrected chi connectivity index (χ0v) is 21.3. The van der Waals surface area contributed by atoms with Crippen LogP contribution < -0.4 is 10.2 Å². The van der Waals surface area contributed by atoms with Crippen LogP contribution in [0.3, 0.4) is 0 Å². The third-order valence-corrected chi connectivity index (χ3v) is 6.28. The van der Waals surface area contributed by atoms with Gasteiger partial charge in [0.2, 0.25) is 0 Å². The van der Waals surface area contributed by atoms with Gasteiger partial charge in [0.05, 0.1) is 30.0 Å². The quantitative estimate of drug-likeness (QED) is 0.373. The molecule has 14 heteroatoms. The Kier molecular flexibility index (Phi) is 8.71. The molecule has 0 aliphatic carbocycles. The Morgan fingerprint density at radius 2 is 1.73 bits per heavy atom. The van der Waals surface area contributed by atoms with Gasteiger partial charge in [-0.3, -0.25) is 9.78 Å². The summed E-state index contributed by atoms with van der Waals surface area (Å²) in [5.74, 6) is -2.84. The largest absolute Gasteiger partial charge is 0.490 e. The molecule has 1 aromatic carbocycles. The molecule has 4 heterocycles. The second-order valence-electron chi connectivity index (χ2n) is 9.06. The highest BCUT2D eigenvalue weighted by Crippen LogP contribution is 2.34. The van der Waals surface area contributed by atoms with Crippen LogP contribution in [0.4, 0.5) is 32.0 Å². The Hall–Kier alpha value is -4.33. The van der Waals surface area contributed by atoms with Gasteiger partial charge in [-0.2, -0.15) is 26.3 Å². The number of carbonyl (C=O) groups is 2. The zero-order valence-electron chi connectivity index (χ0n) is 21.3. The molecule has 5 rings (SSSR count). The van der Waals surface area contributed by atoms with Crippen LogP contribution in [-0.2, 0) is 22.1 Å². The minimum Gasteiger partial charge on any atom is -0.475 e. The number of aromatic amines is 1. The van der Waals surface area contributed by atoms with Gasteiger partial charge < -0.3 is 25.0 Å². The number of hydrogen-bond acceptors (Lipinski definition) is 5. The number of benzene rings is 1. The van der Waals surface area contributed by atoms with Crippen LogP contribution >= 0.6 is 0 Å². The maximum atomic E-state index is 13.3. The van der Waals surface area contributed by atoms with Crippen molar-refractivity contribution >= 4 is 29.7 Å². The molecule has 3 aromatic rings. The average Bonchev–Trinajstić information content (AvgIpc) is 3.38. The number of aliphatic carboxylic acids is 1. The average molecular weight is 583 g/mol. The van der Waals surface area contributed by atoms with Gasteiger partial charge in [0, 0.05) is 54.9 Å². The van der Waals surface area contributed by atoms with Crippen molar-refractivity contribution in [1.29, 1.82) is 0 Å². The number of rotatable bonds is 4. The molecule has 0 saturated carbocycles. The van der Waals surface area contributed by atoms with E-state index in [9.17, 15) is 31.1 Å². The molecule has 2 aliphatic heterocycles. The smallest absolute Gasteiger partial charge is 0.475 e. The molecule has 1 saturated heterocycles. The predicted octanol–water partition coefficient (Wildman–Crippen LogP) is 5.02. The second-order valence-corrected chi connectivity index (χ2v) is 9.06. The fourth-order valence-electron chi connectivity index (χ4n) is 4.27. The van der Waals surface area contributed by atoms with Crippen molar-refractivity contribution in [1.82, 2.24) is 15.3 Å². The number of morpholine rings is 1. The van der Waals surface area contributed by atoms with Gasteiger partial charge in [0.1, 0.15) is 0 Å². The number of carboxylic acid groups (broad SMARTS) is 1. The molecule has 8 nitrogen and oxygen atoms in total. The molecular formula is C27H24F6N4O4. The Bertz CT molecular complexity index is 1440. The summed E-state index contributed by atoms with van der Waals surface area (Å²) in [4.78, 5) is 30.6. The third kappa shape index (κ3) is 7.45. The third-order valence-electron chi connectivity index (χ3n) is 6.28. The van der Waals surface area contributed by atoms with Gasteiger partial charge in [0.25, 0.3) is 5.91 Å². The van der Waals surface area contributed by atoms with E-state index in [4.69, 9.17) is 14.6 Å². The van der Waals surface area contributed by atoms with E-state index in [2.05, 4.69) is 15.3 Å². The Morgan fingerprint density at radius 3 is 2.37 bits per heavy atom. The van der Waals surface area contributed by atoms with Crippen LogP contribution in [0.1, 0.15) is 32.9 Å². The van der Waals surface area contributed by atoms with Crippen molar-refractivity contribution in [3.05, 3.63) is 70.7 Å². The topological polar surface area (TPSA) is 108 Å². The molecule has 0 atom stereocenters. The van der Waals surface area contributed by atoms with Gasteiger partial charge in [-0.15, -0.1) is 0 Å². The summed E-state index contributed by atoms with van der Waals surface area (Å²) in [6, 6.07) is 9.35. The first-order valence-electron chi connectivity index (χ1n) is 12.3. The van der Waals surface area contributed by atoms with Gasteiger partial charge in [-0.05, 0) is 42.0 Å². The van der Waals surface area contributed by atoms with Crippen LogP contribution in [-0.4, -0.2) is 66.0 Å². The molecule has 3 N–H and O–H groups in total. The van der Waals surface area contributed by atoms with Crippen LogP contribution in [0.5, 0.6) is 0 Å². The summed E-state index contributed by atoms with van der Waals surface area (Å²) in [5, 5.41) is 9.96. The Morgan fingerprint density at radius 1 is 1.02 bits per heavy atom. The van der Waals surface area contributed by atoms with E-state index in [1.807, 2.05) is 23.1 Å². The lowest BCUT2D eigenvalue weighted by Gasteiger charge is -2.30. The van der Waals surface area contributed by atoms with Gasteiger partial charge in [0.15, 0.2) is 0 Å². The number of pyridine rings is 1. The van der Waals surface area contributed by atoms with E-state index in [0.717, 1.165) is 29.4 Å². The summed E-state index contributed by atoms with van der Waals surface area (Å²) in [5.41, 5.74) is 4.43. The lowest BCUT2D eigenvalue weighted by molar-refractivity contribution is -0.192. The lowest BCUT2D eigenvalue weighted by atomic mass is 10.1. The molecule has 41 heavy (non-hydrogen) atoms. The number of anilines is 1. The molecule has 2 aromatic heterocycles. The number of amides is 1. The number of nitrogens with zero attached hydrogens (tertiary/aromatic N) is 2. The number of alkyl halides is 6. The van der Waals surface area contributed by atoms with E-state index in [0.29, 0.717) is 55.4 Å². The van der Waals surface area contributed by atoms with Crippen molar-refractivity contribution < 1.29 is 45.8 Å². The van der Waals surface area contributed by atoms with Crippen molar-refractivity contribution in [2.45, 2.75) is 18.8 Å². The number of hydrogen-bond donors (Lipinski definition) is 3. The molecule has 218 valence electrons. The first-order chi connectivity index (χ1) is 19.3.